The molecule has 0 spiro atoms. The van der Waals surface area contributed by atoms with Gasteiger partial charge in [-0.2, -0.15) is 0 Å². The number of fused-ring (bicyclic) bond motifs is 1. The molecule has 0 radical (unpaired) electrons. The summed E-state index contributed by atoms with van der Waals surface area (Å²) in [6, 6.07) is 21.9. The Morgan fingerprint density at radius 2 is 1.51 bits per heavy atom. The van der Waals surface area contributed by atoms with E-state index < -0.39 is 28.4 Å². The number of sulfonamides is 1. The molecule has 0 aliphatic rings. The number of nitrogens with two attached hydrogens (primary N) is 1. The van der Waals surface area contributed by atoms with Crippen LogP contribution in [0.2, 0.25) is 10.0 Å². The lowest BCUT2D eigenvalue weighted by atomic mass is 9.95. The highest BCUT2D eigenvalue weighted by Gasteiger charge is 2.32. The zero-order valence-corrected chi connectivity index (χ0v) is 21.7. The molecule has 4 rings (SSSR count). The zero-order chi connectivity index (χ0) is 26.7. The van der Waals surface area contributed by atoms with Crippen molar-refractivity contribution in [3.05, 3.63) is 106 Å². The third-order valence-electron chi connectivity index (χ3n) is 5.87. The molecule has 0 atom stereocenters. The topological polar surface area (TPSA) is 118 Å². The first kappa shape index (κ1) is 26.5. The van der Waals surface area contributed by atoms with Crippen molar-refractivity contribution < 1.29 is 23.1 Å². The number of halogens is 2. The molecule has 0 heterocycles. The average Bonchev–Trinajstić information content (AvgIpc) is 2.85. The van der Waals surface area contributed by atoms with Crippen LogP contribution in [0.15, 0.2) is 83.8 Å². The normalized spacial score (nSPS) is 11.4. The molecule has 0 aromatic heterocycles. The Morgan fingerprint density at radius 3 is 2.14 bits per heavy atom. The third kappa shape index (κ3) is 5.72. The number of anilines is 1. The van der Waals surface area contributed by atoms with E-state index in [-0.39, 0.29) is 26.2 Å². The maximum absolute atomic E-state index is 13.8. The second kappa shape index (κ2) is 10.8. The monoisotopic (exact) mass is 556 g/mol. The Bertz CT molecular complexity index is 1590. The van der Waals surface area contributed by atoms with Gasteiger partial charge in [0.2, 0.25) is 0 Å². The van der Waals surface area contributed by atoms with Crippen LogP contribution in [0.25, 0.3) is 10.8 Å². The summed E-state index contributed by atoms with van der Waals surface area (Å²) in [6.07, 6.45) is 1.36. The first-order valence-corrected chi connectivity index (χ1v) is 13.4. The molecule has 4 aromatic rings. The van der Waals surface area contributed by atoms with Gasteiger partial charge in [0.05, 0.1) is 16.1 Å². The Hall–Kier alpha value is -3.59. The van der Waals surface area contributed by atoms with E-state index in [1.807, 2.05) is 36.4 Å². The van der Waals surface area contributed by atoms with Crippen LogP contribution in [0.5, 0.6) is 0 Å². The molecule has 7 nitrogen and oxygen atoms in total. The highest BCUT2D eigenvalue weighted by atomic mass is 35.5. The fourth-order valence-corrected chi connectivity index (χ4v) is 6.41. The van der Waals surface area contributed by atoms with Gasteiger partial charge in [-0.05, 0) is 53.6 Å². The number of nitrogens with zero attached hydrogens (tertiary/aromatic N) is 1. The Balaban J connectivity index is 1.93. The summed E-state index contributed by atoms with van der Waals surface area (Å²) in [4.78, 5) is 24.0. The number of carbonyl (C=O) groups is 2. The molecule has 0 fully saturated rings. The first-order valence-electron chi connectivity index (χ1n) is 11.2. The van der Waals surface area contributed by atoms with Crippen LogP contribution in [0.4, 0.5) is 5.69 Å². The van der Waals surface area contributed by atoms with E-state index in [1.54, 1.807) is 18.2 Å². The van der Waals surface area contributed by atoms with Gasteiger partial charge in [-0.25, -0.2) is 8.42 Å². The van der Waals surface area contributed by atoms with Crippen molar-refractivity contribution in [1.82, 2.24) is 0 Å². The van der Waals surface area contributed by atoms with E-state index in [1.165, 1.54) is 12.1 Å². The van der Waals surface area contributed by atoms with Gasteiger partial charge in [-0.1, -0.05) is 77.8 Å². The highest BCUT2D eigenvalue weighted by Crippen LogP contribution is 2.37. The molecular formula is C27H22Cl2N2O5S. The van der Waals surface area contributed by atoms with E-state index in [9.17, 15) is 23.1 Å². The summed E-state index contributed by atoms with van der Waals surface area (Å²) in [5.41, 5.74) is 7.40. The molecule has 10 heteroatoms. The van der Waals surface area contributed by atoms with Gasteiger partial charge in [0.25, 0.3) is 15.9 Å². The number of hydrogen-bond donors (Lipinski definition) is 2. The highest BCUT2D eigenvalue weighted by molar-refractivity contribution is 7.93. The molecule has 0 aliphatic heterocycles. The van der Waals surface area contributed by atoms with Crippen molar-refractivity contribution in [3.63, 3.8) is 0 Å². The lowest BCUT2D eigenvalue weighted by Gasteiger charge is -2.26. The molecule has 3 N–H and O–H groups in total. The smallest absolute Gasteiger partial charge is 0.324 e. The van der Waals surface area contributed by atoms with E-state index in [0.717, 1.165) is 29.7 Å². The number of aryl methyl sites for hydroxylation is 2. The summed E-state index contributed by atoms with van der Waals surface area (Å²) < 4.78 is 28.2. The summed E-state index contributed by atoms with van der Waals surface area (Å²) in [5.74, 6) is -2.33. The van der Waals surface area contributed by atoms with Gasteiger partial charge < -0.3 is 10.8 Å². The van der Waals surface area contributed by atoms with Crippen LogP contribution in [-0.2, 0) is 27.7 Å². The van der Waals surface area contributed by atoms with Gasteiger partial charge in [-0.15, -0.1) is 0 Å². The second-order valence-electron chi connectivity index (χ2n) is 8.33. The van der Waals surface area contributed by atoms with E-state index in [4.69, 9.17) is 28.9 Å². The van der Waals surface area contributed by atoms with Gasteiger partial charge in [0.15, 0.2) is 0 Å². The predicted molar refractivity (Wildman–Crippen MR) is 145 cm³/mol. The molecule has 190 valence electrons. The van der Waals surface area contributed by atoms with Crippen molar-refractivity contribution in [2.75, 3.05) is 10.8 Å². The fraction of sp³-hybridized carbons (Fsp3) is 0.111. The minimum atomic E-state index is -4.53. The van der Waals surface area contributed by atoms with Crippen LogP contribution >= 0.6 is 23.2 Å². The van der Waals surface area contributed by atoms with Crippen LogP contribution in [-0.4, -0.2) is 31.9 Å². The minimum Gasteiger partial charge on any atom is -0.480 e. The van der Waals surface area contributed by atoms with Crippen molar-refractivity contribution in [2.24, 2.45) is 5.73 Å². The number of amides is 1. The number of carboxylic acids is 1. The van der Waals surface area contributed by atoms with Gasteiger partial charge >= 0.3 is 5.97 Å². The molecule has 0 bridgehead atoms. The van der Waals surface area contributed by atoms with Crippen LogP contribution in [0.3, 0.4) is 0 Å². The van der Waals surface area contributed by atoms with Crippen molar-refractivity contribution in [1.29, 1.82) is 0 Å². The number of rotatable bonds is 9. The maximum atomic E-state index is 13.8. The molecule has 0 saturated carbocycles. The summed E-state index contributed by atoms with van der Waals surface area (Å²) in [6.45, 7) is -0.958. The quantitative estimate of drug-likeness (QED) is 0.289. The first-order chi connectivity index (χ1) is 17.6. The van der Waals surface area contributed by atoms with Gasteiger partial charge in [0, 0.05) is 15.4 Å². The van der Waals surface area contributed by atoms with Crippen LogP contribution in [0.1, 0.15) is 21.5 Å². The van der Waals surface area contributed by atoms with Gasteiger partial charge in [0.1, 0.15) is 6.54 Å². The van der Waals surface area contributed by atoms with E-state index >= 15 is 0 Å². The Kier molecular flexibility index (Phi) is 7.73. The summed E-state index contributed by atoms with van der Waals surface area (Å²) in [5, 5.41) is 10.8. The number of aliphatic carboxylic acids is 1. The van der Waals surface area contributed by atoms with Crippen molar-refractivity contribution >= 4 is 61.6 Å². The summed E-state index contributed by atoms with van der Waals surface area (Å²) in [7, 11) is -4.53. The molecule has 1 amide bonds. The number of primary amides is 1. The summed E-state index contributed by atoms with van der Waals surface area (Å²) >= 11 is 12.1. The van der Waals surface area contributed by atoms with Gasteiger partial charge in [-0.3, -0.25) is 13.9 Å². The third-order valence-corrected chi connectivity index (χ3v) is 8.03. The number of hydrogen-bond acceptors (Lipinski definition) is 4. The predicted octanol–water partition coefficient (Wildman–Crippen LogP) is 5.31. The largest absolute Gasteiger partial charge is 0.480 e. The molecule has 37 heavy (non-hydrogen) atoms. The molecule has 4 aromatic carbocycles. The molecular weight excluding hydrogens is 535 g/mol. The van der Waals surface area contributed by atoms with Crippen molar-refractivity contribution in [3.8, 4) is 0 Å². The van der Waals surface area contributed by atoms with Crippen molar-refractivity contribution in [2.45, 2.75) is 17.7 Å². The maximum Gasteiger partial charge on any atom is 0.324 e. The molecule has 0 saturated heterocycles. The SMILES string of the molecule is NC(=O)c1ccc2c(CCc3ccccc3)cccc2c1N(CC(=O)O)S(=O)(=O)c1cc(Cl)cc(Cl)c1. The number of carboxylic acid groups (broad SMARTS) is 1. The Morgan fingerprint density at radius 1 is 0.838 bits per heavy atom. The lowest BCUT2D eigenvalue weighted by Crippen LogP contribution is -2.37. The second-order valence-corrected chi connectivity index (χ2v) is 11.1. The zero-order valence-electron chi connectivity index (χ0n) is 19.4. The standard InChI is InChI=1S/C27H22Cl2N2O5S/c28-19-13-20(29)15-21(14-19)37(35,36)31(16-25(32)33)26-23-8-4-7-18(10-9-17-5-2-1-3-6-17)22(23)11-12-24(26)27(30)34/h1-8,11-15H,9-10,16H2,(H2,30,34)(H,32,33). The minimum absolute atomic E-state index is 0.0533. The molecule has 0 unspecified atom stereocenters. The van der Waals surface area contributed by atoms with Crippen LogP contribution in [0, 0.1) is 0 Å². The Labute approximate surface area is 224 Å². The van der Waals surface area contributed by atoms with E-state index in [2.05, 4.69) is 0 Å². The number of benzene rings is 4. The average molecular weight is 557 g/mol. The fourth-order valence-electron chi connectivity index (χ4n) is 4.23. The van der Waals surface area contributed by atoms with Crippen LogP contribution < -0.4 is 10.0 Å². The van der Waals surface area contributed by atoms with E-state index in [0.29, 0.717) is 21.5 Å². The molecule has 0 aliphatic carbocycles. The lowest BCUT2D eigenvalue weighted by molar-refractivity contribution is -0.135. The number of carbonyl (C=O) groups excluding carboxylic acids is 1.